The number of hydrazone groups is 1. The van der Waals surface area contributed by atoms with Crippen LogP contribution in [0.2, 0.25) is 0 Å². The third-order valence-electron chi connectivity index (χ3n) is 4.25. The van der Waals surface area contributed by atoms with Gasteiger partial charge in [0.15, 0.2) is 0 Å². The van der Waals surface area contributed by atoms with Crippen molar-refractivity contribution in [3.63, 3.8) is 0 Å². The van der Waals surface area contributed by atoms with E-state index in [1.54, 1.807) is 18.3 Å². The first kappa shape index (κ1) is 20.2. The number of nitrogens with one attached hydrogen (secondary N) is 2. The van der Waals surface area contributed by atoms with Gasteiger partial charge in [0, 0.05) is 23.2 Å². The van der Waals surface area contributed by atoms with Crippen molar-refractivity contribution in [2.24, 2.45) is 5.10 Å². The van der Waals surface area contributed by atoms with Crippen LogP contribution in [0.4, 0.5) is 27.9 Å². The van der Waals surface area contributed by atoms with Crippen molar-refractivity contribution >= 4 is 45.7 Å². The molecule has 154 valence electrons. The summed E-state index contributed by atoms with van der Waals surface area (Å²) in [7, 11) is 0. The summed E-state index contributed by atoms with van der Waals surface area (Å²) in [5.41, 5.74) is 4.42. The fourth-order valence-electron chi connectivity index (χ4n) is 2.78. The molecule has 8 nitrogen and oxygen atoms in total. The van der Waals surface area contributed by atoms with Crippen molar-refractivity contribution in [3.05, 3.63) is 64.4 Å². The third kappa shape index (κ3) is 5.49. The molecule has 1 aliphatic heterocycles. The lowest BCUT2D eigenvalue weighted by Gasteiger charge is -2.27. The Bertz CT molecular complexity index is 1030. The van der Waals surface area contributed by atoms with Gasteiger partial charge in [0.05, 0.1) is 19.4 Å². The van der Waals surface area contributed by atoms with Crippen LogP contribution < -0.4 is 15.6 Å². The molecule has 0 aliphatic carbocycles. The van der Waals surface area contributed by atoms with Crippen molar-refractivity contribution in [3.8, 4) is 0 Å². The number of rotatable bonds is 6. The van der Waals surface area contributed by atoms with Gasteiger partial charge in [-0.05, 0) is 35.9 Å². The second kappa shape index (κ2) is 9.59. The molecule has 1 saturated heterocycles. The first-order valence-corrected chi connectivity index (χ1v) is 10.1. The van der Waals surface area contributed by atoms with Crippen LogP contribution in [-0.2, 0) is 4.74 Å². The van der Waals surface area contributed by atoms with Crippen LogP contribution >= 0.6 is 15.9 Å². The molecule has 1 aliphatic rings. The van der Waals surface area contributed by atoms with Crippen LogP contribution in [0, 0.1) is 5.82 Å². The monoisotopic (exact) mass is 471 g/mol. The smallest absolute Gasteiger partial charge is 0.250 e. The molecule has 0 saturated carbocycles. The second-order valence-electron chi connectivity index (χ2n) is 6.44. The maximum absolute atomic E-state index is 13.0. The molecule has 2 heterocycles. The van der Waals surface area contributed by atoms with Gasteiger partial charge in [0.25, 0.3) is 0 Å². The Morgan fingerprint density at radius 2 is 1.80 bits per heavy atom. The number of anilines is 4. The van der Waals surface area contributed by atoms with Crippen LogP contribution in [-0.4, -0.2) is 47.5 Å². The second-order valence-corrected chi connectivity index (χ2v) is 7.35. The number of nitrogens with zero attached hydrogens (tertiary/aromatic N) is 5. The van der Waals surface area contributed by atoms with E-state index in [2.05, 4.69) is 46.7 Å². The highest BCUT2D eigenvalue weighted by atomic mass is 79.9. The highest BCUT2D eigenvalue weighted by Crippen LogP contribution is 2.21. The number of hydrogen-bond acceptors (Lipinski definition) is 8. The first-order chi connectivity index (χ1) is 14.7. The summed E-state index contributed by atoms with van der Waals surface area (Å²) in [4.78, 5) is 15.5. The molecule has 30 heavy (non-hydrogen) atoms. The Labute approximate surface area is 181 Å². The summed E-state index contributed by atoms with van der Waals surface area (Å²) in [5.74, 6) is 0.924. The van der Waals surface area contributed by atoms with Crippen LogP contribution in [0.3, 0.4) is 0 Å². The van der Waals surface area contributed by atoms with Crippen molar-refractivity contribution in [2.75, 3.05) is 41.9 Å². The van der Waals surface area contributed by atoms with Crippen LogP contribution in [0.25, 0.3) is 0 Å². The number of benzene rings is 2. The van der Waals surface area contributed by atoms with Crippen LogP contribution in [0.1, 0.15) is 5.56 Å². The zero-order valence-corrected chi connectivity index (χ0v) is 17.5. The maximum atomic E-state index is 13.0. The summed E-state index contributed by atoms with van der Waals surface area (Å²) < 4.78 is 19.4. The molecule has 2 aromatic carbocycles. The van der Waals surface area contributed by atoms with E-state index in [0.29, 0.717) is 44.1 Å². The fraction of sp³-hybridized carbons (Fsp3) is 0.200. The number of morpholine rings is 1. The van der Waals surface area contributed by atoms with Crippen LogP contribution in [0.5, 0.6) is 0 Å². The summed E-state index contributed by atoms with van der Waals surface area (Å²) in [6.07, 6.45) is 1.57. The lowest BCUT2D eigenvalue weighted by molar-refractivity contribution is 0.122. The Balaban J connectivity index is 1.56. The molecule has 10 heteroatoms. The topological polar surface area (TPSA) is 87.6 Å². The van der Waals surface area contributed by atoms with Crippen molar-refractivity contribution in [1.29, 1.82) is 0 Å². The van der Waals surface area contributed by atoms with E-state index in [1.165, 1.54) is 12.1 Å². The predicted molar refractivity (Wildman–Crippen MR) is 118 cm³/mol. The van der Waals surface area contributed by atoms with Crippen molar-refractivity contribution in [1.82, 2.24) is 15.0 Å². The zero-order chi connectivity index (χ0) is 20.8. The minimum Gasteiger partial charge on any atom is -0.378 e. The number of ether oxygens (including phenoxy) is 1. The Hall–Kier alpha value is -3.11. The third-order valence-corrected chi connectivity index (χ3v) is 4.74. The minimum atomic E-state index is -0.295. The molecular formula is C20H19BrFN7O. The minimum absolute atomic E-state index is 0.294. The van der Waals surface area contributed by atoms with E-state index in [-0.39, 0.29) is 5.82 Å². The molecule has 1 aromatic heterocycles. The quantitative estimate of drug-likeness (QED) is 0.417. The fourth-order valence-corrected chi connectivity index (χ4v) is 3.18. The largest absolute Gasteiger partial charge is 0.378 e. The molecule has 0 radical (unpaired) electrons. The molecule has 3 aromatic rings. The lowest BCUT2D eigenvalue weighted by atomic mass is 10.2. The average molecular weight is 472 g/mol. The lowest BCUT2D eigenvalue weighted by Crippen LogP contribution is -2.37. The van der Waals surface area contributed by atoms with E-state index in [4.69, 9.17) is 4.74 Å². The van der Waals surface area contributed by atoms with Gasteiger partial charge in [-0.1, -0.05) is 34.1 Å². The summed E-state index contributed by atoms with van der Waals surface area (Å²) in [5, 5.41) is 7.36. The SMILES string of the molecule is Fc1ccc(/C=N/Nc2nc(Nc3cccc(Br)c3)nc(N3CCOCC3)n2)cc1. The van der Waals surface area contributed by atoms with Crippen molar-refractivity contribution < 1.29 is 9.13 Å². The molecule has 2 N–H and O–H groups in total. The first-order valence-electron chi connectivity index (χ1n) is 9.32. The van der Waals surface area contributed by atoms with E-state index >= 15 is 0 Å². The van der Waals surface area contributed by atoms with E-state index in [0.717, 1.165) is 15.7 Å². The van der Waals surface area contributed by atoms with Gasteiger partial charge in [0.2, 0.25) is 17.8 Å². The van der Waals surface area contributed by atoms with E-state index in [1.807, 2.05) is 29.2 Å². The van der Waals surface area contributed by atoms with Gasteiger partial charge < -0.3 is 15.0 Å². The van der Waals surface area contributed by atoms with Crippen LogP contribution in [0.15, 0.2) is 58.1 Å². The molecular weight excluding hydrogens is 453 g/mol. The standard InChI is InChI=1S/C20H19BrFN7O/c21-15-2-1-3-17(12-15)24-18-25-19(27-20(26-18)29-8-10-30-11-9-29)28-23-13-14-4-6-16(22)7-5-14/h1-7,12-13H,8-11H2,(H2,24,25,26,27,28)/b23-13+. The maximum Gasteiger partial charge on any atom is 0.250 e. The van der Waals surface area contributed by atoms with Gasteiger partial charge in [-0.3, -0.25) is 0 Å². The normalized spacial score (nSPS) is 14.1. The zero-order valence-electron chi connectivity index (χ0n) is 15.9. The molecule has 1 fully saturated rings. The number of halogens is 2. The van der Waals surface area contributed by atoms with Crippen molar-refractivity contribution in [2.45, 2.75) is 0 Å². The van der Waals surface area contributed by atoms with E-state index < -0.39 is 0 Å². The van der Waals surface area contributed by atoms with Gasteiger partial charge in [0.1, 0.15) is 5.82 Å². The summed E-state index contributed by atoms with van der Waals surface area (Å²) in [6.45, 7) is 2.62. The Kier molecular flexibility index (Phi) is 6.45. The number of hydrogen-bond donors (Lipinski definition) is 2. The Morgan fingerprint density at radius 3 is 2.57 bits per heavy atom. The van der Waals surface area contributed by atoms with Gasteiger partial charge >= 0.3 is 0 Å². The molecule has 0 bridgehead atoms. The Morgan fingerprint density at radius 1 is 1.03 bits per heavy atom. The average Bonchev–Trinajstić information content (AvgIpc) is 2.76. The van der Waals surface area contributed by atoms with Gasteiger partial charge in [-0.25, -0.2) is 9.82 Å². The van der Waals surface area contributed by atoms with Gasteiger partial charge in [-0.15, -0.1) is 0 Å². The summed E-state index contributed by atoms with van der Waals surface area (Å²) >= 11 is 3.46. The van der Waals surface area contributed by atoms with E-state index in [9.17, 15) is 4.39 Å². The number of aromatic nitrogens is 3. The molecule has 4 rings (SSSR count). The van der Waals surface area contributed by atoms with Gasteiger partial charge in [-0.2, -0.15) is 20.1 Å². The highest BCUT2D eigenvalue weighted by molar-refractivity contribution is 9.10. The molecule has 0 amide bonds. The molecule has 0 unspecified atom stereocenters. The predicted octanol–water partition coefficient (Wildman–Crippen LogP) is 3.80. The molecule has 0 atom stereocenters. The summed E-state index contributed by atoms with van der Waals surface area (Å²) in [6, 6.07) is 13.7. The highest BCUT2D eigenvalue weighted by Gasteiger charge is 2.16. The molecule has 0 spiro atoms.